The van der Waals surface area contributed by atoms with Crippen molar-refractivity contribution < 1.29 is 27.5 Å². The normalized spacial score (nSPS) is 15.8. The smallest absolute Gasteiger partial charge is 0.303 e. The number of rotatable bonds is 9. The average molecular weight is 480 g/mol. The lowest BCUT2D eigenvalue weighted by Crippen LogP contribution is -2.29. The Bertz CT molecular complexity index is 1130. The Morgan fingerprint density at radius 3 is 2.52 bits per heavy atom. The highest BCUT2D eigenvalue weighted by molar-refractivity contribution is 8.26. The molecule has 1 aliphatic rings. The van der Waals surface area contributed by atoms with Gasteiger partial charge in [0, 0.05) is 30.9 Å². The molecule has 1 N–H and O–H groups in total. The van der Waals surface area contributed by atoms with Gasteiger partial charge in [-0.2, -0.15) is 0 Å². The molecule has 1 fully saturated rings. The van der Waals surface area contributed by atoms with Crippen LogP contribution < -0.4 is 0 Å². The van der Waals surface area contributed by atoms with E-state index in [0.29, 0.717) is 46.6 Å². The van der Waals surface area contributed by atoms with Gasteiger partial charge in [0.1, 0.15) is 15.8 Å². The van der Waals surface area contributed by atoms with E-state index < -0.39 is 15.8 Å². The van der Waals surface area contributed by atoms with E-state index >= 15 is 0 Å². The SMILES string of the molecule is CS(=O)(=O)c1ccc(-c2ccc(C=C3SC(=S)N(CCCCCC(=O)O)C3=O)o2)cc1. The number of amides is 1. The molecule has 1 aromatic heterocycles. The van der Waals surface area contributed by atoms with Crippen LogP contribution in [-0.2, 0) is 19.4 Å². The van der Waals surface area contributed by atoms with Crippen LogP contribution in [0.5, 0.6) is 0 Å². The number of unbranched alkanes of at least 4 members (excludes halogenated alkanes) is 2. The van der Waals surface area contributed by atoms with Crippen LogP contribution >= 0.6 is 24.0 Å². The van der Waals surface area contributed by atoms with Gasteiger partial charge in [-0.3, -0.25) is 14.5 Å². The number of sulfone groups is 1. The minimum atomic E-state index is -3.27. The van der Waals surface area contributed by atoms with Crippen LogP contribution in [0.15, 0.2) is 50.6 Å². The van der Waals surface area contributed by atoms with Gasteiger partial charge < -0.3 is 9.52 Å². The summed E-state index contributed by atoms with van der Waals surface area (Å²) < 4.78 is 29.4. The number of hydrogen-bond acceptors (Lipinski definition) is 7. The first-order valence-corrected chi connectivity index (χ1v) is 12.6. The average Bonchev–Trinajstić information content (AvgIpc) is 3.27. The topological polar surface area (TPSA) is 105 Å². The lowest BCUT2D eigenvalue weighted by Gasteiger charge is -2.13. The van der Waals surface area contributed by atoms with Crippen LogP contribution in [-0.4, -0.2) is 47.4 Å². The van der Waals surface area contributed by atoms with E-state index in [-0.39, 0.29) is 17.2 Å². The van der Waals surface area contributed by atoms with Crippen LogP contribution in [0, 0.1) is 0 Å². The maximum absolute atomic E-state index is 12.7. The number of thioether (sulfide) groups is 1. The Hall–Kier alpha value is -2.43. The van der Waals surface area contributed by atoms with Crippen LogP contribution in [0.25, 0.3) is 17.4 Å². The number of nitrogens with zero attached hydrogens (tertiary/aromatic N) is 1. The fourth-order valence-electron chi connectivity index (χ4n) is 3.00. The number of carbonyl (C=O) groups is 2. The van der Waals surface area contributed by atoms with Gasteiger partial charge in [0.05, 0.1) is 9.80 Å². The molecule has 164 valence electrons. The number of furan rings is 1. The van der Waals surface area contributed by atoms with Gasteiger partial charge in [-0.1, -0.05) is 30.4 Å². The highest BCUT2D eigenvalue weighted by Gasteiger charge is 2.31. The number of hydrogen-bond donors (Lipinski definition) is 1. The Morgan fingerprint density at radius 1 is 1.16 bits per heavy atom. The van der Waals surface area contributed by atoms with Crippen LogP contribution in [0.1, 0.15) is 31.4 Å². The fourth-order valence-corrected chi connectivity index (χ4v) is 4.92. The minimum Gasteiger partial charge on any atom is -0.481 e. The van der Waals surface area contributed by atoms with Gasteiger partial charge >= 0.3 is 5.97 Å². The quantitative estimate of drug-likeness (QED) is 0.324. The Labute approximate surface area is 190 Å². The molecule has 3 rings (SSSR count). The zero-order valence-electron chi connectivity index (χ0n) is 16.7. The largest absolute Gasteiger partial charge is 0.481 e. The van der Waals surface area contributed by atoms with Crippen molar-refractivity contribution >= 4 is 56.1 Å². The molecule has 2 heterocycles. The van der Waals surface area contributed by atoms with E-state index in [1.54, 1.807) is 30.3 Å². The van der Waals surface area contributed by atoms with E-state index in [1.165, 1.54) is 28.8 Å². The third-order valence-electron chi connectivity index (χ3n) is 4.61. The number of thiocarbonyl (C=S) groups is 1. The molecular formula is C21H21NO6S3. The van der Waals surface area contributed by atoms with Gasteiger partial charge in [0.15, 0.2) is 9.84 Å². The molecule has 0 saturated carbocycles. The summed E-state index contributed by atoms with van der Waals surface area (Å²) in [6.07, 6.45) is 4.87. The van der Waals surface area contributed by atoms with Crippen LogP contribution in [0.3, 0.4) is 0 Å². The number of carbonyl (C=O) groups excluding carboxylic acids is 1. The molecule has 0 atom stereocenters. The van der Waals surface area contributed by atoms with Crippen molar-refractivity contribution in [1.29, 1.82) is 0 Å². The van der Waals surface area contributed by atoms with Crippen molar-refractivity contribution in [1.82, 2.24) is 4.90 Å². The van der Waals surface area contributed by atoms with Gasteiger partial charge in [-0.05, 0) is 49.2 Å². The number of benzene rings is 1. The van der Waals surface area contributed by atoms with Gasteiger partial charge in [-0.15, -0.1) is 0 Å². The van der Waals surface area contributed by atoms with E-state index in [4.69, 9.17) is 21.7 Å². The maximum atomic E-state index is 12.7. The summed E-state index contributed by atoms with van der Waals surface area (Å²) in [5.41, 5.74) is 0.723. The van der Waals surface area contributed by atoms with Crippen molar-refractivity contribution in [3.63, 3.8) is 0 Å². The highest BCUT2D eigenvalue weighted by Crippen LogP contribution is 2.34. The van der Waals surface area contributed by atoms with Crippen molar-refractivity contribution in [2.24, 2.45) is 0 Å². The molecule has 0 unspecified atom stereocenters. The summed E-state index contributed by atoms with van der Waals surface area (Å²) in [6.45, 7) is 0.456. The van der Waals surface area contributed by atoms with Crippen molar-refractivity contribution in [2.75, 3.05) is 12.8 Å². The molecule has 0 aliphatic carbocycles. The van der Waals surface area contributed by atoms with E-state index in [0.717, 1.165) is 11.8 Å². The molecule has 1 amide bonds. The molecule has 1 aliphatic heterocycles. The zero-order chi connectivity index (χ0) is 22.6. The predicted molar refractivity (Wildman–Crippen MR) is 123 cm³/mol. The van der Waals surface area contributed by atoms with E-state index in [9.17, 15) is 18.0 Å². The van der Waals surface area contributed by atoms with Crippen LogP contribution in [0.4, 0.5) is 0 Å². The lowest BCUT2D eigenvalue weighted by molar-refractivity contribution is -0.137. The molecule has 1 saturated heterocycles. The number of carboxylic acid groups (broad SMARTS) is 1. The number of aliphatic carboxylic acids is 1. The Morgan fingerprint density at radius 2 is 1.87 bits per heavy atom. The zero-order valence-corrected chi connectivity index (χ0v) is 19.2. The first kappa shape index (κ1) is 23.2. The Balaban J connectivity index is 1.65. The molecule has 31 heavy (non-hydrogen) atoms. The molecule has 10 heteroatoms. The summed E-state index contributed by atoms with van der Waals surface area (Å²) in [7, 11) is -3.27. The van der Waals surface area contributed by atoms with Gasteiger partial charge in [-0.25, -0.2) is 8.42 Å². The lowest BCUT2D eigenvalue weighted by atomic mass is 10.2. The van der Waals surface area contributed by atoms with Crippen molar-refractivity contribution in [3.8, 4) is 11.3 Å². The molecule has 7 nitrogen and oxygen atoms in total. The first-order chi connectivity index (χ1) is 14.6. The summed E-state index contributed by atoms with van der Waals surface area (Å²) in [4.78, 5) is 25.4. The van der Waals surface area contributed by atoms with Gasteiger partial charge in [0.25, 0.3) is 5.91 Å². The van der Waals surface area contributed by atoms with Crippen molar-refractivity contribution in [3.05, 3.63) is 47.1 Å². The first-order valence-electron chi connectivity index (χ1n) is 9.52. The molecule has 0 radical (unpaired) electrons. The third-order valence-corrected chi connectivity index (χ3v) is 7.12. The summed E-state index contributed by atoms with van der Waals surface area (Å²) in [5.74, 6) is 0.0331. The molecule has 2 aromatic rings. The van der Waals surface area contributed by atoms with E-state index in [1.807, 2.05) is 0 Å². The number of carboxylic acids is 1. The second-order valence-corrected chi connectivity index (χ2v) is 10.7. The summed E-state index contributed by atoms with van der Waals surface area (Å²) in [6, 6.07) is 9.87. The summed E-state index contributed by atoms with van der Waals surface area (Å²) in [5, 5.41) is 8.67. The maximum Gasteiger partial charge on any atom is 0.303 e. The third kappa shape index (κ3) is 6.05. The standard InChI is InChI=1S/C21H21NO6S3/c1-31(26,27)16-9-6-14(7-10-16)17-11-8-15(28-17)13-18-20(25)22(21(29)30-18)12-4-2-3-5-19(23)24/h6-11,13H,2-5,12H2,1H3,(H,23,24). The second-order valence-electron chi connectivity index (χ2n) is 7.04. The molecular weight excluding hydrogens is 458 g/mol. The Kier molecular flexibility index (Phi) is 7.34. The second kappa shape index (κ2) is 9.80. The monoisotopic (exact) mass is 479 g/mol. The molecule has 0 bridgehead atoms. The summed E-state index contributed by atoms with van der Waals surface area (Å²) >= 11 is 6.51. The highest BCUT2D eigenvalue weighted by atomic mass is 32.2. The molecule has 1 aromatic carbocycles. The van der Waals surface area contributed by atoms with Gasteiger partial charge in [0.2, 0.25) is 0 Å². The predicted octanol–water partition coefficient (Wildman–Crippen LogP) is 4.20. The fraction of sp³-hybridized carbons (Fsp3) is 0.286. The molecule has 0 spiro atoms. The van der Waals surface area contributed by atoms with E-state index in [2.05, 4.69) is 0 Å². The van der Waals surface area contributed by atoms with Crippen LogP contribution in [0.2, 0.25) is 0 Å². The minimum absolute atomic E-state index is 0.121. The van der Waals surface area contributed by atoms with Crippen molar-refractivity contribution in [2.45, 2.75) is 30.6 Å².